The van der Waals surface area contributed by atoms with E-state index in [-0.39, 0.29) is 24.8 Å². The summed E-state index contributed by atoms with van der Waals surface area (Å²) >= 11 is 5.83. The van der Waals surface area contributed by atoms with Crippen LogP contribution in [0.1, 0.15) is 17.8 Å². The first-order chi connectivity index (χ1) is 9.56. The Labute approximate surface area is 121 Å². The Hall–Kier alpha value is -1.88. The van der Waals surface area contributed by atoms with Crippen molar-refractivity contribution >= 4 is 17.6 Å². The Bertz CT molecular complexity index is 613. The van der Waals surface area contributed by atoms with E-state index in [1.54, 1.807) is 23.7 Å². The number of halogens is 2. The van der Waals surface area contributed by atoms with Gasteiger partial charge in [0, 0.05) is 13.5 Å². The van der Waals surface area contributed by atoms with Crippen LogP contribution in [-0.4, -0.2) is 15.5 Å². The van der Waals surface area contributed by atoms with Crippen LogP contribution < -0.4 is 0 Å². The largest absolute Gasteiger partial charge is 0.457 e. The third-order valence-electron chi connectivity index (χ3n) is 2.90. The first-order valence-corrected chi connectivity index (χ1v) is 6.50. The molecule has 0 aliphatic rings. The zero-order valence-corrected chi connectivity index (χ0v) is 11.7. The topological polar surface area (TPSA) is 44.1 Å². The fourth-order valence-electron chi connectivity index (χ4n) is 1.71. The van der Waals surface area contributed by atoms with Gasteiger partial charge in [0.25, 0.3) is 0 Å². The Balaban J connectivity index is 1.80. The van der Waals surface area contributed by atoms with Gasteiger partial charge in [-0.05, 0) is 24.1 Å². The van der Waals surface area contributed by atoms with Crippen LogP contribution in [0.5, 0.6) is 0 Å². The van der Waals surface area contributed by atoms with Gasteiger partial charge < -0.3 is 9.30 Å². The first kappa shape index (κ1) is 14.5. The molecular weight excluding hydrogens is 283 g/mol. The molecule has 0 aliphatic carbocycles. The van der Waals surface area contributed by atoms with E-state index in [0.717, 1.165) is 5.56 Å². The van der Waals surface area contributed by atoms with Crippen molar-refractivity contribution in [3.63, 3.8) is 0 Å². The third-order valence-corrected chi connectivity index (χ3v) is 3.25. The number of ether oxygens (including phenoxy) is 1. The Morgan fingerprint density at radius 2 is 2.30 bits per heavy atom. The second kappa shape index (κ2) is 6.52. The number of aryl methyl sites for hydroxylation is 1. The summed E-state index contributed by atoms with van der Waals surface area (Å²) in [5.74, 6) is -0.0824. The van der Waals surface area contributed by atoms with E-state index in [2.05, 4.69) is 4.98 Å². The van der Waals surface area contributed by atoms with E-state index in [4.69, 9.17) is 16.3 Å². The lowest BCUT2D eigenvalue weighted by Gasteiger charge is -2.05. The normalized spacial score (nSPS) is 10.6. The summed E-state index contributed by atoms with van der Waals surface area (Å²) in [5, 5.41) is 0.482. The van der Waals surface area contributed by atoms with Gasteiger partial charge in [0.05, 0.1) is 6.20 Å². The fraction of sp³-hybridized carbons (Fsp3) is 0.286. The lowest BCUT2D eigenvalue weighted by molar-refractivity contribution is -0.145. The SMILES string of the molecule is Cn1c(Cl)cnc1COC(=O)CCc1cccc(F)c1. The van der Waals surface area contributed by atoms with Crippen LogP contribution in [0.3, 0.4) is 0 Å². The third kappa shape index (κ3) is 3.81. The van der Waals surface area contributed by atoms with E-state index < -0.39 is 0 Å². The van der Waals surface area contributed by atoms with Crippen LogP contribution >= 0.6 is 11.6 Å². The van der Waals surface area contributed by atoms with Crippen molar-refractivity contribution in [3.8, 4) is 0 Å². The molecule has 2 rings (SSSR count). The van der Waals surface area contributed by atoms with Crippen molar-refractivity contribution in [1.82, 2.24) is 9.55 Å². The highest BCUT2D eigenvalue weighted by Crippen LogP contribution is 2.11. The highest BCUT2D eigenvalue weighted by molar-refractivity contribution is 6.29. The van der Waals surface area contributed by atoms with Gasteiger partial charge in [0.1, 0.15) is 23.4 Å². The molecule has 2 aromatic rings. The van der Waals surface area contributed by atoms with Gasteiger partial charge in [-0.1, -0.05) is 23.7 Å². The summed E-state index contributed by atoms with van der Waals surface area (Å²) in [4.78, 5) is 15.6. The molecule has 1 heterocycles. The number of rotatable bonds is 5. The summed E-state index contributed by atoms with van der Waals surface area (Å²) in [6, 6.07) is 6.17. The number of esters is 1. The van der Waals surface area contributed by atoms with Crippen molar-refractivity contribution in [2.24, 2.45) is 7.05 Å². The summed E-state index contributed by atoms with van der Waals surface area (Å²) in [5.41, 5.74) is 0.766. The molecule has 20 heavy (non-hydrogen) atoms. The summed E-state index contributed by atoms with van der Waals surface area (Å²) < 4.78 is 19.7. The minimum atomic E-state index is -0.353. The summed E-state index contributed by atoms with van der Waals surface area (Å²) in [6.07, 6.45) is 2.14. The minimum Gasteiger partial charge on any atom is -0.457 e. The maximum absolute atomic E-state index is 13.0. The number of imidazole rings is 1. The van der Waals surface area contributed by atoms with Crippen molar-refractivity contribution in [3.05, 3.63) is 52.8 Å². The number of aromatic nitrogens is 2. The van der Waals surface area contributed by atoms with E-state index in [9.17, 15) is 9.18 Å². The van der Waals surface area contributed by atoms with Crippen molar-refractivity contribution in [2.75, 3.05) is 0 Å². The van der Waals surface area contributed by atoms with Crippen LogP contribution in [0.2, 0.25) is 5.15 Å². The fourth-order valence-corrected chi connectivity index (χ4v) is 1.86. The van der Waals surface area contributed by atoms with Crippen LogP contribution in [0.15, 0.2) is 30.5 Å². The van der Waals surface area contributed by atoms with Gasteiger partial charge in [-0.15, -0.1) is 0 Å². The number of benzene rings is 1. The monoisotopic (exact) mass is 296 g/mol. The molecule has 0 fully saturated rings. The summed E-state index contributed by atoms with van der Waals surface area (Å²) in [6.45, 7) is 0.0746. The number of hydrogen-bond donors (Lipinski definition) is 0. The Kier molecular flexibility index (Phi) is 4.74. The van der Waals surface area contributed by atoms with E-state index in [1.165, 1.54) is 18.3 Å². The highest BCUT2D eigenvalue weighted by atomic mass is 35.5. The quantitative estimate of drug-likeness (QED) is 0.797. The van der Waals surface area contributed by atoms with Crippen molar-refractivity contribution in [2.45, 2.75) is 19.4 Å². The molecule has 1 aromatic heterocycles. The smallest absolute Gasteiger partial charge is 0.306 e. The van der Waals surface area contributed by atoms with Gasteiger partial charge in [0.2, 0.25) is 0 Å². The number of carbonyl (C=O) groups excluding carboxylic acids is 1. The highest BCUT2D eigenvalue weighted by Gasteiger charge is 2.09. The minimum absolute atomic E-state index is 0.0746. The lowest BCUT2D eigenvalue weighted by Crippen LogP contribution is -2.09. The number of carbonyl (C=O) groups is 1. The molecule has 0 atom stereocenters. The second-order valence-corrected chi connectivity index (χ2v) is 4.73. The van der Waals surface area contributed by atoms with E-state index in [0.29, 0.717) is 17.4 Å². The molecular formula is C14H14ClFN2O2. The van der Waals surface area contributed by atoms with Gasteiger partial charge in [-0.25, -0.2) is 9.37 Å². The van der Waals surface area contributed by atoms with E-state index >= 15 is 0 Å². The standard InChI is InChI=1S/C14H14ClFN2O2/c1-18-12(15)8-17-13(18)9-20-14(19)6-5-10-3-2-4-11(16)7-10/h2-4,7-8H,5-6,9H2,1H3. The molecule has 0 bridgehead atoms. The number of hydrogen-bond acceptors (Lipinski definition) is 3. The molecule has 6 heteroatoms. The summed E-state index contributed by atoms with van der Waals surface area (Å²) in [7, 11) is 1.74. The zero-order chi connectivity index (χ0) is 14.5. The van der Waals surface area contributed by atoms with Gasteiger partial charge in [-0.3, -0.25) is 4.79 Å². The molecule has 0 radical (unpaired) electrons. The van der Waals surface area contributed by atoms with Crippen molar-refractivity contribution in [1.29, 1.82) is 0 Å². The Morgan fingerprint density at radius 1 is 1.50 bits per heavy atom. The van der Waals surface area contributed by atoms with Gasteiger partial charge >= 0.3 is 5.97 Å². The predicted molar refractivity (Wildman–Crippen MR) is 72.7 cm³/mol. The zero-order valence-electron chi connectivity index (χ0n) is 11.0. The van der Waals surface area contributed by atoms with Crippen LogP contribution in [0.25, 0.3) is 0 Å². The maximum atomic E-state index is 13.0. The van der Waals surface area contributed by atoms with Crippen LogP contribution in [0, 0.1) is 5.82 Å². The lowest BCUT2D eigenvalue weighted by atomic mass is 10.1. The molecule has 0 saturated carbocycles. The molecule has 106 valence electrons. The average molecular weight is 297 g/mol. The molecule has 0 spiro atoms. The molecule has 4 nitrogen and oxygen atoms in total. The molecule has 0 unspecified atom stereocenters. The van der Waals surface area contributed by atoms with Gasteiger partial charge in [0.15, 0.2) is 0 Å². The molecule has 0 amide bonds. The van der Waals surface area contributed by atoms with Crippen LogP contribution in [-0.2, 0) is 29.6 Å². The second-order valence-electron chi connectivity index (χ2n) is 4.35. The van der Waals surface area contributed by atoms with E-state index in [1.807, 2.05) is 0 Å². The maximum Gasteiger partial charge on any atom is 0.306 e. The Morgan fingerprint density at radius 3 is 2.95 bits per heavy atom. The molecule has 0 N–H and O–H groups in total. The molecule has 0 aliphatic heterocycles. The average Bonchev–Trinajstić information content (AvgIpc) is 2.74. The first-order valence-electron chi connectivity index (χ1n) is 6.12. The molecule has 1 aromatic carbocycles. The molecule has 0 saturated heterocycles. The number of nitrogens with zero attached hydrogens (tertiary/aromatic N) is 2. The van der Waals surface area contributed by atoms with Crippen LogP contribution in [0.4, 0.5) is 4.39 Å². The van der Waals surface area contributed by atoms with Crippen molar-refractivity contribution < 1.29 is 13.9 Å². The van der Waals surface area contributed by atoms with Gasteiger partial charge in [-0.2, -0.15) is 0 Å². The predicted octanol–water partition coefficient (Wildman–Crippen LogP) is 2.89.